The molecule has 1 heterocycles. The number of carbonyl (C=O) groups excluding carboxylic acids is 2. The van der Waals surface area contributed by atoms with Gasteiger partial charge in [0.05, 0.1) is 24.9 Å². The fourth-order valence-corrected chi connectivity index (χ4v) is 1.09. The number of furan rings is 1. The molecular weight excluding hydrogens is 208 g/mol. The normalized spacial score (nSPS) is 9.25. The quantitative estimate of drug-likeness (QED) is 0.705. The molecule has 1 aromatic rings. The lowest BCUT2D eigenvalue weighted by Crippen LogP contribution is -2.37. The van der Waals surface area contributed by atoms with Crippen LogP contribution in [0.25, 0.3) is 0 Å². The summed E-state index contributed by atoms with van der Waals surface area (Å²) in [4.78, 5) is 22.6. The van der Waals surface area contributed by atoms with Gasteiger partial charge in [-0.1, -0.05) is 5.92 Å². The molecule has 1 aromatic heterocycles. The first-order chi connectivity index (χ1) is 7.65. The van der Waals surface area contributed by atoms with Gasteiger partial charge in [0, 0.05) is 0 Å². The van der Waals surface area contributed by atoms with Crippen LogP contribution in [0.2, 0.25) is 0 Å². The molecule has 16 heavy (non-hydrogen) atoms. The average molecular weight is 220 g/mol. The van der Waals surface area contributed by atoms with Gasteiger partial charge in [0.1, 0.15) is 5.76 Å². The Labute approximate surface area is 93.2 Å². The molecule has 0 spiro atoms. The Morgan fingerprint density at radius 1 is 1.50 bits per heavy atom. The molecule has 0 saturated heterocycles. The second-order valence-corrected chi connectivity index (χ2v) is 3.05. The van der Waals surface area contributed by atoms with Crippen LogP contribution in [0.5, 0.6) is 0 Å². The van der Waals surface area contributed by atoms with Gasteiger partial charge >= 0.3 is 0 Å². The molecule has 0 bridgehead atoms. The molecule has 1 rings (SSSR count). The summed E-state index contributed by atoms with van der Waals surface area (Å²) in [7, 11) is 0. The van der Waals surface area contributed by atoms with E-state index in [1.807, 2.05) is 0 Å². The number of aryl methyl sites for hydroxylation is 1. The van der Waals surface area contributed by atoms with Gasteiger partial charge in [0.2, 0.25) is 5.91 Å². The van der Waals surface area contributed by atoms with Crippen molar-refractivity contribution < 1.29 is 14.0 Å². The Kier molecular flexibility index (Phi) is 4.16. The summed E-state index contributed by atoms with van der Waals surface area (Å²) in [5, 5.41) is 4.89. The van der Waals surface area contributed by atoms with Crippen molar-refractivity contribution in [2.45, 2.75) is 6.92 Å². The minimum Gasteiger partial charge on any atom is -0.469 e. The van der Waals surface area contributed by atoms with Crippen molar-refractivity contribution in [1.29, 1.82) is 0 Å². The lowest BCUT2D eigenvalue weighted by Gasteiger charge is -2.03. The Morgan fingerprint density at radius 2 is 2.25 bits per heavy atom. The van der Waals surface area contributed by atoms with Crippen LogP contribution in [-0.4, -0.2) is 24.9 Å². The second-order valence-electron chi connectivity index (χ2n) is 3.05. The van der Waals surface area contributed by atoms with Crippen LogP contribution in [-0.2, 0) is 4.79 Å². The molecule has 2 amide bonds. The molecule has 0 aliphatic carbocycles. The lowest BCUT2D eigenvalue weighted by atomic mass is 10.2. The summed E-state index contributed by atoms with van der Waals surface area (Å²) < 4.78 is 4.97. The van der Waals surface area contributed by atoms with Gasteiger partial charge in [-0.3, -0.25) is 9.59 Å². The maximum Gasteiger partial charge on any atom is 0.255 e. The molecular formula is C11H12N2O3. The SMILES string of the molecule is C#CCNC(=O)CNC(=O)c1ccoc1C. The monoisotopic (exact) mass is 220 g/mol. The van der Waals surface area contributed by atoms with E-state index in [0.29, 0.717) is 11.3 Å². The molecule has 0 fully saturated rings. The minimum absolute atomic E-state index is 0.106. The van der Waals surface area contributed by atoms with Crippen LogP contribution in [0.4, 0.5) is 0 Å². The highest BCUT2D eigenvalue weighted by atomic mass is 16.3. The van der Waals surface area contributed by atoms with Crippen molar-refractivity contribution in [2.75, 3.05) is 13.1 Å². The number of hydrogen-bond donors (Lipinski definition) is 2. The predicted molar refractivity (Wildman–Crippen MR) is 57.6 cm³/mol. The van der Waals surface area contributed by atoms with Crippen LogP contribution in [0.1, 0.15) is 16.1 Å². The number of rotatable bonds is 4. The second kappa shape index (κ2) is 5.61. The molecule has 5 nitrogen and oxygen atoms in total. The van der Waals surface area contributed by atoms with Gasteiger partial charge in [0.25, 0.3) is 5.91 Å². The van der Waals surface area contributed by atoms with Gasteiger partial charge in [0.15, 0.2) is 0 Å². The van der Waals surface area contributed by atoms with Crippen LogP contribution >= 0.6 is 0 Å². The zero-order valence-electron chi connectivity index (χ0n) is 8.87. The molecule has 84 valence electrons. The maximum atomic E-state index is 11.5. The van der Waals surface area contributed by atoms with Crippen LogP contribution in [0.15, 0.2) is 16.7 Å². The third kappa shape index (κ3) is 3.17. The number of terminal acetylenes is 1. The highest BCUT2D eigenvalue weighted by molar-refractivity contribution is 5.97. The summed E-state index contributed by atoms with van der Waals surface area (Å²) in [5.41, 5.74) is 0.421. The summed E-state index contributed by atoms with van der Waals surface area (Å²) in [6.07, 6.45) is 6.38. The molecule has 0 unspecified atom stereocenters. The van der Waals surface area contributed by atoms with Crippen molar-refractivity contribution >= 4 is 11.8 Å². The Hall–Kier alpha value is -2.22. The first-order valence-corrected chi connectivity index (χ1v) is 4.67. The first-order valence-electron chi connectivity index (χ1n) is 4.67. The minimum atomic E-state index is -0.345. The zero-order chi connectivity index (χ0) is 12.0. The van der Waals surface area contributed by atoms with E-state index in [1.165, 1.54) is 6.26 Å². The molecule has 5 heteroatoms. The van der Waals surface area contributed by atoms with Crippen LogP contribution in [0.3, 0.4) is 0 Å². The standard InChI is InChI=1S/C11H12N2O3/c1-3-5-12-10(14)7-13-11(15)9-4-6-16-8(9)2/h1,4,6H,5,7H2,2H3,(H,12,14)(H,13,15). The van der Waals surface area contributed by atoms with Crippen molar-refractivity contribution in [2.24, 2.45) is 0 Å². The van der Waals surface area contributed by atoms with Gasteiger partial charge in [-0.05, 0) is 13.0 Å². The highest BCUT2D eigenvalue weighted by Gasteiger charge is 2.11. The van der Waals surface area contributed by atoms with Crippen molar-refractivity contribution in [1.82, 2.24) is 10.6 Å². The van der Waals surface area contributed by atoms with E-state index in [-0.39, 0.29) is 24.9 Å². The average Bonchev–Trinajstić information content (AvgIpc) is 2.69. The van der Waals surface area contributed by atoms with E-state index in [0.717, 1.165) is 0 Å². The van der Waals surface area contributed by atoms with E-state index in [9.17, 15) is 9.59 Å². The summed E-state index contributed by atoms with van der Waals surface area (Å²) in [6, 6.07) is 1.55. The van der Waals surface area contributed by atoms with E-state index in [1.54, 1.807) is 13.0 Å². The van der Waals surface area contributed by atoms with Crippen molar-refractivity contribution in [3.05, 3.63) is 23.7 Å². The molecule has 0 atom stereocenters. The summed E-state index contributed by atoms with van der Waals surface area (Å²) >= 11 is 0. The van der Waals surface area contributed by atoms with Gasteiger partial charge in [-0.2, -0.15) is 0 Å². The predicted octanol–water partition coefficient (Wildman–Crippen LogP) is 0.0672. The topological polar surface area (TPSA) is 71.3 Å². The first kappa shape index (κ1) is 11.9. The van der Waals surface area contributed by atoms with E-state index in [2.05, 4.69) is 16.6 Å². The zero-order valence-corrected chi connectivity index (χ0v) is 8.87. The fraction of sp³-hybridized carbons (Fsp3) is 0.273. The highest BCUT2D eigenvalue weighted by Crippen LogP contribution is 2.07. The van der Waals surface area contributed by atoms with Crippen LogP contribution in [0, 0.1) is 19.3 Å². The molecule has 0 saturated carbocycles. The summed E-state index contributed by atoms with van der Waals surface area (Å²) in [5.74, 6) is 2.11. The smallest absolute Gasteiger partial charge is 0.255 e. The molecule has 0 aliphatic heterocycles. The van der Waals surface area contributed by atoms with E-state index in [4.69, 9.17) is 10.8 Å². The molecule has 2 N–H and O–H groups in total. The lowest BCUT2D eigenvalue weighted by molar-refractivity contribution is -0.119. The van der Waals surface area contributed by atoms with E-state index >= 15 is 0 Å². The van der Waals surface area contributed by atoms with Crippen molar-refractivity contribution in [3.63, 3.8) is 0 Å². The van der Waals surface area contributed by atoms with Crippen molar-refractivity contribution in [3.8, 4) is 12.3 Å². The Balaban J connectivity index is 2.40. The number of nitrogens with one attached hydrogen (secondary N) is 2. The Morgan fingerprint density at radius 3 is 2.81 bits per heavy atom. The van der Waals surface area contributed by atoms with Crippen LogP contribution < -0.4 is 10.6 Å². The molecule has 0 radical (unpaired) electrons. The number of hydrogen-bond acceptors (Lipinski definition) is 3. The van der Waals surface area contributed by atoms with Gasteiger partial charge < -0.3 is 15.1 Å². The maximum absolute atomic E-state index is 11.5. The van der Waals surface area contributed by atoms with Gasteiger partial charge in [-0.15, -0.1) is 6.42 Å². The molecule has 0 aromatic carbocycles. The largest absolute Gasteiger partial charge is 0.469 e. The third-order valence-corrected chi connectivity index (χ3v) is 1.90. The van der Waals surface area contributed by atoms with Gasteiger partial charge in [-0.25, -0.2) is 0 Å². The fourth-order valence-electron chi connectivity index (χ4n) is 1.09. The molecule has 0 aliphatic rings. The van der Waals surface area contributed by atoms with E-state index < -0.39 is 0 Å². The number of carbonyl (C=O) groups is 2. The number of amides is 2. The summed E-state index contributed by atoms with van der Waals surface area (Å²) in [6.45, 7) is 1.72. The third-order valence-electron chi connectivity index (χ3n) is 1.90. The Bertz CT molecular complexity index is 429.